The van der Waals surface area contributed by atoms with Crippen molar-refractivity contribution in [3.05, 3.63) is 59.3 Å². The van der Waals surface area contributed by atoms with Crippen molar-refractivity contribution in [1.29, 1.82) is 5.26 Å². The number of nitrogens with zero attached hydrogens (tertiary/aromatic N) is 4. The Bertz CT molecular complexity index is 1380. The molecule has 7 heteroatoms. The lowest BCUT2D eigenvalue weighted by atomic mass is 9.97. The highest BCUT2D eigenvalue weighted by Gasteiger charge is 2.23. The van der Waals surface area contributed by atoms with Gasteiger partial charge in [-0.1, -0.05) is 12.1 Å². The van der Waals surface area contributed by atoms with Gasteiger partial charge in [0.2, 0.25) is 0 Å². The highest BCUT2D eigenvalue weighted by atomic mass is 16.1. The fourth-order valence-electron chi connectivity index (χ4n) is 4.62. The number of hydrogen-bond acceptors (Lipinski definition) is 5. The van der Waals surface area contributed by atoms with Crippen LogP contribution in [0, 0.1) is 18.3 Å². The summed E-state index contributed by atoms with van der Waals surface area (Å²) in [7, 11) is 2.15. The molecule has 5 rings (SSSR count). The van der Waals surface area contributed by atoms with Crippen LogP contribution >= 0.6 is 0 Å². The minimum absolute atomic E-state index is 0.0113. The molecule has 0 amide bonds. The molecule has 0 unspecified atom stereocenters. The topological polar surface area (TPSA) is 91.8 Å². The van der Waals surface area contributed by atoms with Crippen LogP contribution in [0.4, 0.5) is 5.69 Å². The molecular weight excluding hydrogens is 412 g/mol. The second-order valence-corrected chi connectivity index (χ2v) is 8.70. The van der Waals surface area contributed by atoms with Gasteiger partial charge in [-0.25, -0.2) is 4.98 Å². The Balaban J connectivity index is 1.60. The number of fused-ring (bicyclic) bond motifs is 1. The van der Waals surface area contributed by atoms with Crippen molar-refractivity contribution in [2.75, 3.05) is 38.1 Å². The average molecular weight is 439 g/mol. The van der Waals surface area contributed by atoms with Crippen molar-refractivity contribution in [1.82, 2.24) is 19.9 Å². The van der Waals surface area contributed by atoms with Gasteiger partial charge in [-0.05, 0) is 56.8 Å². The van der Waals surface area contributed by atoms with Crippen LogP contribution in [-0.2, 0) is 0 Å². The lowest BCUT2D eigenvalue weighted by Gasteiger charge is -2.34. The third kappa shape index (κ3) is 3.79. The first-order valence-electron chi connectivity index (χ1n) is 11.1. The van der Waals surface area contributed by atoms with Gasteiger partial charge in [0, 0.05) is 48.7 Å². The Labute approximate surface area is 192 Å². The number of anilines is 1. The van der Waals surface area contributed by atoms with Crippen molar-refractivity contribution >= 4 is 22.5 Å². The molecule has 0 radical (unpaired) electrons. The highest BCUT2D eigenvalue weighted by molar-refractivity contribution is 6.05. The average Bonchev–Trinajstić information content (AvgIpc) is 3.40. The molecule has 1 aliphatic rings. The van der Waals surface area contributed by atoms with E-state index in [-0.39, 0.29) is 5.78 Å². The fourth-order valence-corrected chi connectivity index (χ4v) is 4.62. The summed E-state index contributed by atoms with van der Waals surface area (Å²) in [6.07, 6.45) is 0. The number of aryl methyl sites for hydroxylation is 1. The number of hydrogen-bond donors (Lipinski definition) is 2. The van der Waals surface area contributed by atoms with Crippen molar-refractivity contribution < 1.29 is 4.79 Å². The summed E-state index contributed by atoms with van der Waals surface area (Å²) in [6, 6.07) is 15.8. The summed E-state index contributed by atoms with van der Waals surface area (Å²) in [5.41, 5.74) is 7.51. The van der Waals surface area contributed by atoms with Gasteiger partial charge in [0.05, 0.1) is 28.4 Å². The van der Waals surface area contributed by atoms with Crippen LogP contribution in [0.1, 0.15) is 28.5 Å². The van der Waals surface area contributed by atoms with E-state index in [4.69, 9.17) is 10.2 Å². The molecule has 2 N–H and O–H groups in total. The number of aromatic amines is 2. The number of carbonyl (C=O) groups excluding carboxylic acids is 1. The van der Waals surface area contributed by atoms with Gasteiger partial charge < -0.3 is 19.8 Å². The normalized spacial score (nSPS) is 14.5. The molecule has 0 aliphatic carbocycles. The van der Waals surface area contributed by atoms with E-state index in [2.05, 4.69) is 45.0 Å². The van der Waals surface area contributed by atoms with E-state index in [1.165, 1.54) is 5.69 Å². The number of ketones is 1. The first-order valence-corrected chi connectivity index (χ1v) is 11.1. The molecule has 2 aromatic carbocycles. The Hall–Kier alpha value is -3.89. The lowest BCUT2D eigenvalue weighted by Crippen LogP contribution is -2.44. The molecule has 0 atom stereocenters. The first-order chi connectivity index (χ1) is 15.9. The van der Waals surface area contributed by atoms with Crippen LogP contribution in [-0.4, -0.2) is 58.9 Å². The Morgan fingerprint density at radius 3 is 2.45 bits per heavy atom. The molecule has 0 spiro atoms. The largest absolute Gasteiger partial charge is 0.369 e. The van der Waals surface area contributed by atoms with E-state index >= 15 is 0 Å². The predicted octanol–water partition coefficient (Wildman–Crippen LogP) is 4.36. The van der Waals surface area contributed by atoms with Gasteiger partial charge in [-0.15, -0.1) is 0 Å². The van der Waals surface area contributed by atoms with E-state index in [1.807, 2.05) is 25.1 Å². The summed E-state index contributed by atoms with van der Waals surface area (Å²) >= 11 is 0. The number of aromatic nitrogens is 3. The summed E-state index contributed by atoms with van der Waals surface area (Å²) < 4.78 is 0. The number of Topliss-reactive ketones (excluding diaryl/α,β-unsaturated/α-hetero) is 1. The van der Waals surface area contributed by atoms with Crippen molar-refractivity contribution in [2.24, 2.45) is 0 Å². The molecule has 33 heavy (non-hydrogen) atoms. The zero-order valence-corrected chi connectivity index (χ0v) is 19.1. The number of imidazole rings is 1. The number of nitrogens with one attached hydrogen (secondary N) is 2. The van der Waals surface area contributed by atoms with Crippen molar-refractivity contribution in [3.8, 4) is 28.7 Å². The van der Waals surface area contributed by atoms with Gasteiger partial charge in [0.25, 0.3) is 0 Å². The quantitative estimate of drug-likeness (QED) is 0.462. The van der Waals surface area contributed by atoms with E-state index in [0.717, 1.165) is 59.7 Å². The molecule has 1 saturated heterocycles. The number of carbonyl (C=O) groups is 1. The van der Waals surface area contributed by atoms with Gasteiger partial charge in [-0.2, -0.15) is 5.26 Å². The van der Waals surface area contributed by atoms with E-state index in [9.17, 15) is 4.79 Å². The first kappa shape index (κ1) is 21.0. The van der Waals surface area contributed by atoms with Crippen molar-refractivity contribution in [2.45, 2.75) is 13.8 Å². The second-order valence-electron chi connectivity index (χ2n) is 8.70. The van der Waals surface area contributed by atoms with Crippen LogP contribution in [0.15, 0.2) is 42.5 Å². The lowest BCUT2D eigenvalue weighted by molar-refractivity contribution is 0.101. The molecule has 4 aromatic rings. The molecule has 2 aromatic heterocycles. The maximum Gasteiger partial charge on any atom is 0.162 e. The van der Waals surface area contributed by atoms with Crippen LogP contribution in [0.5, 0.6) is 0 Å². The molecule has 1 aliphatic heterocycles. The standard InChI is InChI=1S/C26H26N6O/c1-16-23(17(2)33)24(19-6-4-18(15-27)5-7-19)25(28-16)26-29-21-9-8-20(14-22(21)30-26)32-12-10-31(3)11-13-32/h4-9,14,28H,10-13H2,1-3H3,(H,29,30). The predicted molar refractivity (Wildman–Crippen MR) is 130 cm³/mol. The van der Waals surface area contributed by atoms with Crippen LogP contribution < -0.4 is 4.90 Å². The van der Waals surface area contributed by atoms with Gasteiger partial charge in [-0.3, -0.25) is 4.79 Å². The number of nitriles is 1. The molecule has 7 nitrogen and oxygen atoms in total. The SMILES string of the molecule is CC(=O)c1c(C)[nH]c(-c2nc3ccc(N4CCN(C)CC4)cc3[nH]2)c1-c1ccc(C#N)cc1. The summed E-state index contributed by atoms with van der Waals surface area (Å²) in [5.74, 6) is 0.679. The Morgan fingerprint density at radius 2 is 1.79 bits per heavy atom. The third-order valence-corrected chi connectivity index (χ3v) is 6.41. The molecule has 166 valence electrons. The molecule has 1 fully saturated rings. The minimum Gasteiger partial charge on any atom is -0.369 e. The maximum absolute atomic E-state index is 12.5. The zero-order valence-electron chi connectivity index (χ0n) is 19.1. The van der Waals surface area contributed by atoms with Crippen molar-refractivity contribution in [3.63, 3.8) is 0 Å². The van der Waals surface area contributed by atoms with Gasteiger partial charge in [0.15, 0.2) is 11.6 Å². The molecular formula is C26H26N6O. The number of benzene rings is 2. The second kappa shape index (κ2) is 8.23. The van der Waals surface area contributed by atoms with Crippen LogP contribution in [0.2, 0.25) is 0 Å². The Kier molecular flexibility index (Phi) is 5.23. The molecule has 0 saturated carbocycles. The highest BCUT2D eigenvalue weighted by Crippen LogP contribution is 2.37. The van der Waals surface area contributed by atoms with Gasteiger partial charge >= 0.3 is 0 Å². The number of H-pyrrole nitrogens is 2. The van der Waals surface area contributed by atoms with E-state index in [1.54, 1.807) is 19.1 Å². The third-order valence-electron chi connectivity index (χ3n) is 6.41. The fraction of sp³-hybridized carbons (Fsp3) is 0.269. The summed E-state index contributed by atoms with van der Waals surface area (Å²) in [4.78, 5) is 29.0. The molecule has 0 bridgehead atoms. The Morgan fingerprint density at radius 1 is 1.06 bits per heavy atom. The number of rotatable bonds is 4. The van der Waals surface area contributed by atoms with E-state index in [0.29, 0.717) is 17.0 Å². The smallest absolute Gasteiger partial charge is 0.162 e. The van der Waals surface area contributed by atoms with E-state index < -0.39 is 0 Å². The van der Waals surface area contributed by atoms with Gasteiger partial charge in [0.1, 0.15) is 0 Å². The number of piperazine rings is 1. The van der Waals surface area contributed by atoms with Crippen LogP contribution in [0.3, 0.4) is 0 Å². The molecule has 3 heterocycles. The number of likely N-dealkylation sites (N-methyl/N-ethyl adjacent to an activating group) is 1. The summed E-state index contributed by atoms with van der Waals surface area (Å²) in [5, 5.41) is 9.16. The zero-order chi connectivity index (χ0) is 23.1. The minimum atomic E-state index is -0.0113. The van der Waals surface area contributed by atoms with Crippen LogP contribution in [0.25, 0.3) is 33.7 Å². The summed E-state index contributed by atoms with van der Waals surface area (Å²) in [6.45, 7) is 7.59. The maximum atomic E-state index is 12.5. The monoisotopic (exact) mass is 438 g/mol.